The van der Waals surface area contributed by atoms with Crippen molar-refractivity contribution in [3.05, 3.63) is 11.4 Å². The Hall–Kier alpha value is -0.820. The fraction of sp³-hybridized carbons (Fsp3) is 0.625. The van der Waals surface area contributed by atoms with Gasteiger partial charge in [0, 0.05) is 12.4 Å². The van der Waals surface area contributed by atoms with Crippen molar-refractivity contribution in [2.75, 3.05) is 19.0 Å². The Bertz CT molecular complexity index is 278. The van der Waals surface area contributed by atoms with Crippen molar-refractivity contribution in [1.82, 2.24) is 5.32 Å². The fourth-order valence-corrected chi connectivity index (χ4v) is 1.12. The molecule has 0 spiro atoms. The van der Waals surface area contributed by atoms with Crippen molar-refractivity contribution in [2.24, 2.45) is 0 Å². The van der Waals surface area contributed by atoms with E-state index in [0.29, 0.717) is 12.4 Å². The van der Waals surface area contributed by atoms with Crippen LogP contribution in [-0.4, -0.2) is 36.2 Å². The summed E-state index contributed by atoms with van der Waals surface area (Å²) >= 11 is 5.45. The number of rotatable bonds is 1. The Kier molecular flexibility index (Phi) is 6.35. The maximum Gasteiger partial charge on any atom is 0.490 e. The first kappa shape index (κ1) is 15.2. The highest BCUT2D eigenvalue weighted by molar-refractivity contribution is 6.19. The van der Waals surface area contributed by atoms with Crippen LogP contribution in [0.5, 0.6) is 0 Å². The van der Waals surface area contributed by atoms with E-state index in [4.69, 9.17) is 21.5 Å². The lowest BCUT2D eigenvalue weighted by Crippen LogP contribution is -2.23. The van der Waals surface area contributed by atoms with Gasteiger partial charge in [-0.15, -0.1) is 11.6 Å². The smallest absolute Gasteiger partial charge is 0.475 e. The van der Waals surface area contributed by atoms with Gasteiger partial charge in [0.15, 0.2) is 0 Å². The number of carboxylic acids is 1. The first-order chi connectivity index (χ1) is 7.29. The molecule has 1 heterocycles. The molecule has 0 aromatic heterocycles. The first-order valence-electron chi connectivity index (χ1n) is 4.22. The Balaban J connectivity index is 0.000000293. The summed E-state index contributed by atoms with van der Waals surface area (Å²) in [6, 6.07) is 0. The molecule has 0 bridgehead atoms. The zero-order valence-electron chi connectivity index (χ0n) is 8.07. The second-order valence-electron chi connectivity index (χ2n) is 2.87. The summed E-state index contributed by atoms with van der Waals surface area (Å²) in [5.74, 6) is -2.49. The molecule has 0 amide bonds. The van der Waals surface area contributed by atoms with Crippen molar-refractivity contribution in [2.45, 2.75) is 12.6 Å². The van der Waals surface area contributed by atoms with Gasteiger partial charge in [0.25, 0.3) is 0 Å². The second-order valence-corrected chi connectivity index (χ2v) is 3.14. The van der Waals surface area contributed by atoms with Crippen LogP contribution in [0.3, 0.4) is 0 Å². The number of hydrogen-bond donors (Lipinski definition) is 2. The van der Waals surface area contributed by atoms with E-state index in [1.165, 1.54) is 0 Å². The molecule has 0 saturated carbocycles. The van der Waals surface area contributed by atoms with E-state index in [1.807, 2.05) is 0 Å². The number of alkyl halides is 4. The van der Waals surface area contributed by atoms with E-state index in [9.17, 15) is 17.6 Å². The minimum absolute atomic E-state index is 0.0729. The maximum atomic E-state index is 12.6. The average Bonchev–Trinajstić information content (AvgIpc) is 2.18. The van der Waals surface area contributed by atoms with Crippen LogP contribution in [0.15, 0.2) is 11.4 Å². The zero-order chi connectivity index (χ0) is 12.8. The molecule has 1 rings (SSSR count). The van der Waals surface area contributed by atoms with Gasteiger partial charge >= 0.3 is 12.1 Å². The molecule has 1 aliphatic heterocycles. The Morgan fingerprint density at radius 2 is 2.00 bits per heavy atom. The van der Waals surface area contributed by atoms with Gasteiger partial charge in [-0.2, -0.15) is 13.2 Å². The third kappa shape index (κ3) is 5.92. The Labute approximate surface area is 94.1 Å². The summed E-state index contributed by atoms with van der Waals surface area (Å²) in [7, 11) is 0. The number of nitrogens with one attached hydrogen (secondary N) is 1. The molecule has 0 aromatic rings. The van der Waals surface area contributed by atoms with Gasteiger partial charge in [-0.1, -0.05) is 0 Å². The highest BCUT2D eigenvalue weighted by Crippen LogP contribution is 2.14. The summed E-state index contributed by atoms with van der Waals surface area (Å²) < 4.78 is 44.3. The molecule has 0 atom stereocenters. The first-order valence-corrected chi connectivity index (χ1v) is 4.75. The summed E-state index contributed by atoms with van der Waals surface area (Å²) in [6.45, 7) is 1.22. The van der Waals surface area contributed by atoms with Crippen molar-refractivity contribution in [3.8, 4) is 0 Å². The van der Waals surface area contributed by atoms with Crippen LogP contribution >= 0.6 is 11.6 Å². The minimum Gasteiger partial charge on any atom is -0.475 e. The molecule has 0 aliphatic carbocycles. The summed E-state index contributed by atoms with van der Waals surface area (Å²) in [5.41, 5.74) is 0.760. The number of aliphatic carboxylic acids is 1. The standard InChI is InChI=1S/C6H9ClFN.C2HF3O2/c7-3-5-1-2-9-4-6(5)8;3-2(4,5)1(6)7/h9H,1-4H2;(H,6,7). The van der Waals surface area contributed by atoms with Crippen LogP contribution in [0.2, 0.25) is 0 Å². The molecule has 16 heavy (non-hydrogen) atoms. The SMILES string of the molecule is FC1=C(CCl)CCNC1.O=C(O)C(F)(F)F. The fourth-order valence-electron chi connectivity index (χ4n) is 0.837. The number of halogens is 5. The molecular weight excluding hydrogens is 254 g/mol. The van der Waals surface area contributed by atoms with Crippen LogP contribution in [0.25, 0.3) is 0 Å². The lowest BCUT2D eigenvalue weighted by atomic mass is 10.1. The van der Waals surface area contributed by atoms with Gasteiger partial charge in [0.2, 0.25) is 0 Å². The molecule has 3 nitrogen and oxygen atoms in total. The second kappa shape index (κ2) is 6.70. The predicted octanol–water partition coefficient (Wildman–Crippen LogP) is 2.08. The third-order valence-corrected chi connectivity index (χ3v) is 1.99. The van der Waals surface area contributed by atoms with Crippen LogP contribution < -0.4 is 5.32 Å². The topological polar surface area (TPSA) is 49.3 Å². The van der Waals surface area contributed by atoms with Gasteiger partial charge < -0.3 is 10.4 Å². The lowest BCUT2D eigenvalue weighted by molar-refractivity contribution is -0.192. The molecule has 8 heteroatoms. The van der Waals surface area contributed by atoms with Gasteiger partial charge in [0.1, 0.15) is 5.83 Å². The highest BCUT2D eigenvalue weighted by Gasteiger charge is 2.38. The molecule has 0 aromatic carbocycles. The van der Waals surface area contributed by atoms with E-state index in [0.717, 1.165) is 18.5 Å². The van der Waals surface area contributed by atoms with Crippen LogP contribution in [-0.2, 0) is 4.79 Å². The van der Waals surface area contributed by atoms with Gasteiger partial charge in [0.05, 0.1) is 0 Å². The molecule has 0 radical (unpaired) electrons. The summed E-state index contributed by atoms with van der Waals surface area (Å²) in [5, 5.41) is 10.0. The van der Waals surface area contributed by atoms with E-state index in [2.05, 4.69) is 5.32 Å². The third-order valence-electron chi connectivity index (χ3n) is 1.67. The molecule has 1 aliphatic rings. The molecule has 0 unspecified atom stereocenters. The monoisotopic (exact) mass is 263 g/mol. The number of hydrogen-bond acceptors (Lipinski definition) is 2. The van der Waals surface area contributed by atoms with Crippen LogP contribution in [0.1, 0.15) is 6.42 Å². The quantitative estimate of drug-likeness (QED) is 0.562. The Morgan fingerprint density at radius 3 is 2.25 bits per heavy atom. The van der Waals surface area contributed by atoms with Gasteiger partial charge in [-0.3, -0.25) is 0 Å². The summed E-state index contributed by atoms with van der Waals surface area (Å²) in [4.78, 5) is 8.90. The van der Waals surface area contributed by atoms with E-state index in [1.54, 1.807) is 0 Å². The van der Waals surface area contributed by atoms with Crippen molar-refractivity contribution >= 4 is 17.6 Å². The lowest BCUT2D eigenvalue weighted by Gasteiger charge is -2.13. The zero-order valence-corrected chi connectivity index (χ0v) is 8.83. The molecule has 0 saturated heterocycles. The van der Waals surface area contributed by atoms with Crippen LogP contribution in [0.4, 0.5) is 17.6 Å². The predicted molar refractivity (Wildman–Crippen MR) is 50.0 cm³/mol. The van der Waals surface area contributed by atoms with E-state index in [-0.39, 0.29) is 5.83 Å². The van der Waals surface area contributed by atoms with Gasteiger partial charge in [-0.05, 0) is 18.5 Å². The maximum absolute atomic E-state index is 12.6. The summed E-state index contributed by atoms with van der Waals surface area (Å²) in [6.07, 6.45) is -4.32. The average molecular weight is 264 g/mol. The number of carboxylic acid groups (broad SMARTS) is 1. The Morgan fingerprint density at radius 1 is 1.50 bits per heavy atom. The molecule has 0 fully saturated rings. The van der Waals surface area contributed by atoms with Crippen molar-refractivity contribution < 1.29 is 27.5 Å². The van der Waals surface area contributed by atoms with E-state index < -0.39 is 12.1 Å². The molecular formula is C8H10ClF4NO2. The minimum atomic E-state index is -5.08. The van der Waals surface area contributed by atoms with Crippen molar-refractivity contribution in [3.63, 3.8) is 0 Å². The molecule has 94 valence electrons. The molecule has 2 N–H and O–H groups in total. The highest BCUT2D eigenvalue weighted by atomic mass is 35.5. The van der Waals surface area contributed by atoms with E-state index >= 15 is 0 Å². The van der Waals surface area contributed by atoms with Gasteiger partial charge in [-0.25, -0.2) is 9.18 Å². The number of carbonyl (C=O) groups is 1. The van der Waals surface area contributed by atoms with Crippen LogP contribution in [0, 0.1) is 0 Å². The van der Waals surface area contributed by atoms with Crippen molar-refractivity contribution in [1.29, 1.82) is 0 Å². The normalized spacial score (nSPS) is 16.6. The largest absolute Gasteiger partial charge is 0.490 e.